The summed E-state index contributed by atoms with van der Waals surface area (Å²) < 4.78 is 52.6. The molecular weight excluding hydrogens is 320 g/mol. The van der Waals surface area contributed by atoms with Crippen LogP contribution in [-0.4, -0.2) is 31.1 Å². The fourth-order valence-electron chi connectivity index (χ4n) is 3.13. The molecule has 1 aromatic rings. The number of piperazine rings is 1. The first-order valence-electron chi connectivity index (χ1n) is 8.36. The number of benzene rings is 1. The number of rotatable bonds is 7. The molecule has 0 spiro atoms. The summed E-state index contributed by atoms with van der Waals surface area (Å²) in [6, 6.07) is 2.73. The van der Waals surface area contributed by atoms with Gasteiger partial charge in [0, 0.05) is 37.8 Å². The van der Waals surface area contributed by atoms with Crippen molar-refractivity contribution in [3.63, 3.8) is 0 Å². The van der Waals surface area contributed by atoms with Gasteiger partial charge in [0.1, 0.15) is 5.82 Å². The smallest absolute Gasteiger partial charge is 0.314 e. The lowest BCUT2D eigenvalue weighted by Crippen LogP contribution is -2.45. The summed E-state index contributed by atoms with van der Waals surface area (Å²) in [5.74, 6) is -0.767. The van der Waals surface area contributed by atoms with Gasteiger partial charge < -0.3 is 5.32 Å². The molecule has 1 aliphatic rings. The van der Waals surface area contributed by atoms with E-state index in [1.807, 2.05) is 6.08 Å². The minimum Gasteiger partial charge on any atom is -0.314 e. The minimum absolute atomic E-state index is 0.181. The van der Waals surface area contributed by atoms with Gasteiger partial charge in [-0.25, -0.2) is 4.39 Å². The monoisotopic (exact) mass is 344 g/mol. The van der Waals surface area contributed by atoms with Crippen molar-refractivity contribution in [2.24, 2.45) is 0 Å². The Bertz CT molecular complexity index is 536. The number of hydrogen-bond acceptors (Lipinski definition) is 2. The Morgan fingerprint density at radius 3 is 2.50 bits per heavy atom. The Morgan fingerprint density at radius 2 is 1.92 bits per heavy atom. The average molecular weight is 344 g/mol. The van der Waals surface area contributed by atoms with Crippen molar-refractivity contribution in [3.05, 3.63) is 47.8 Å². The van der Waals surface area contributed by atoms with Crippen molar-refractivity contribution >= 4 is 0 Å². The van der Waals surface area contributed by atoms with E-state index in [2.05, 4.69) is 16.8 Å². The van der Waals surface area contributed by atoms with Crippen molar-refractivity contribution in [1.82, 2.24) is 10.2 Å². The number of alkyl halides is 3. The lowest BCUT2D eigenvalue weighted by molar-refractivity contribution is -0.137. The second kappa shape index (κ2) is 8.62. The normalized spacial score (nSPS) is 17.7. The van der Waals surface area contributed by atoms with Gasteiger partial charge in [0.15, 0.2) is 0 Å². The second-order valence-electron chi connectivity index (χ2n) is 6.11. The molecule has 1 N–H and O–H groups in total. The van der Waals surface area contributed by atoms with Gasteiger partial charge in [-0.2, -0.15) is 13.2 Å². The molecule has 0 bridgehead atoms. The molecule has 0 radical (unpaired) electrons. The lowest BCUT2D eigenvalue weighted by atomic mass is 9.96. The van der Waals surface area contributed by atoms with Crippen LogP contribution >= 0.6 is 0 Å². The van der Waals surface area contributed by atoms with Crippen molar-refractivity contribution in [1.29, 1.82) is 0 Å². The van der Waals surface area contributed by atoms with Gasteiger partial charge in [-0.1, -0.05) is 18.6 Å². The van der Waals surface area contributed by atoms with Gasteiger partial charge in [-0.3, -0.25) is 4.90 Å². The number of halogens is 4. The zero-order valence-corrected chi connectivity index (χ0v) is 13.7. The van der Waals surface area contributed by atoms with E-state index < -0.39 is 17.6 Å². The highest BCUT2D eigenvalue weighted by Gasteiger charge is 2.32. The maximum absolute atomic E-state index is 14.4. The van der Waals surface area contributed by atoms with E-state index in [0.717, 1.165) is 57.9 Å². The number of nitrogens with zero attached hydrogens (tertiary/aromatic N) is 1. The third kappa shape index (κ3) is 5.05. The van der Waals surface area contributed by atoms with Crippen LogP contribution in [0.2, 0.25) is 0 Å². The molecule has 0 amide bonds. The third-order valence-electron chi connectivity index (χ3n) is 4.41. The van der Waals surface area contributed by atoms with Gasteiger partial charge in [0.2, 0.25) is 0 Å². The summed E-state index contributed by atoms with van der Waals surface area (Å²) in [6.07, 6.45) is 0.793. The Balaban J connectivity index is 2.19. The molecule has 0 aromatic heterocycles. The van der Waals surface area contributed by atoms with Crippen LogP contribution in [0.15, 0.2) is 30.9 Å². The average Bonchev–Trinajstić information content (AvgIpc) is 2.55. The number of unbranched alkanes of at least 4 members (excludes halogenated alkanes) is 2. The molecule has 1 aliphatic heterocycles. The van der Waals surface area contributed by atoms with E-state index in [9.17, 15) is 17.6 Å². The molecule has 24 heavy (non-hydrogen) atoms. The van der Waals surface area contributed by atoms with Crippen LogP contribution in [0.1, 0.15) is 42.9 Å². The van der Waals surface area contributed by atoms with Crippen LogP contribution in [0.4, 0.5) is 17.6 Å². The van der Waals surface area contributed by atoms with Gasteiger partial charge in [0.05, 0.1) is 5.56 Å². The Morgan fingerprint density at radius 1 is 1.21 bits per heavy atom. The molecule has 0 aliphatic carbocycles. The molecule has 1 atom stereocenters. The highest BCUT2D eigenvalue weighted by Crippen LogP contribution is 2.34. The first kappa shape index (κ1) is 18.9. The van der Waals surface area contributed by atoms with E-state index in [4.69, 9.17) is 0 Å². The minimum atomic E-state index is -4.52. The van der Waals surface area contributed by atoms with Crippen molar-refractivity contribution in [3.8, 4) is 0 Å². The Labute approximate surface area is 140 Å². The number of allylic oxidation sites excluding steroid dienone is 1. The molecule has 0 unspecified atom stereocenters. The van der Waals surface area contributed by atoms with Gasteiger partial charge in [0.25, 0.3) is 0 Å². The van der Waals surface area contributed by atoms with Crippen LogP contribution in [0.5, 0.6) is 0 Å². The van der Waals surface area contributed by atoms with Gasteiger partial charge in [-0.15, -0.1) is 6.58 Å². The van der Waals surface area contributed by atoms with Crippen LogP contribution in [0.25, 0.3) is 0 Å². The zero-order valence-electron chi connectivity index (χ0n) is 13.7. The van der Waals surface area contributed by atoms with Crippen LogP contribution in [0, 0.1) is 5.82 Å². The fourth-order valence-corrected chi connectivity index (χ4v) is 3.13. The van der Waals surface area contributed by atoms with Gasteiger partial charge in [-0.05, 0) is 31.4 Å². The van der Waals surface area contributed by atoms with E-state index in [0.29, 0.717) is 11.6 Å². The standard InChI is InChI=1S/C18H24F4N2/c1-2-3-4-5-6-17(24-11-9-23-10-12-24)15-8-7-14(13-16(15)19)18(20,21)22/h2,7-8,13,17,23H,1,3-6,9-12H2/t17-/m1/s1. The second-order valence-corrected chi connectivity index (χ2v) is 6.11. The summed E-state index contributed by atoms with van der Waals surface area (Å²) >= 11 is 0. The Kier molecular flexibility index (Phi) is 6.80. The fraction of sp³-hybridized carbons (Fsp3) is 0.556. The maximum atomic E-state index is 14.4. The largest absolute Gasteiger partial charge is 0.416 e. The molecule has 1 aromatic carbocycles. The predicted octanol–water partition coefficient (Wildman–Crippen LogP) is 4.54. The summed E-state index contributed by atoms with van der Waals surface area (Å²) in [6.45, 7) is 6.85. The zero-order chi connectivity index (χ0) is 17.6. The van der Waals surface area contributed by atoms with E-state index in [1.165, 1.54) is 6.07 Å². The van der Waals surface area contributed by atoms with Crippen molar-refractivity contribution in [2.45, 2.75) is 37.9 Å². The summed E-state index contributed by atoms with van der Waals surface area (Å²) in [4.78, 5) is 2.16. The van der Waals surface area contributed by atoms with Crippen LogP contribution in [0.3, 0.4) is 0 Å². The SMILES string of the molecule is C=CCCCC[C@H](c1ccc(C(F)(F)F)cc1F)N1CCNCC1. The topological polar surface area (TPSA) is 15.3 Å². The van der Waals surface area contributed by atoms with E-state index >= 15 is 0 Å². The van der Waals surface area contributed by atoms with E-state index in [1.54, 1.807) is 0 Å². The summed E-state index contributed by atoms with van der Waals surface area (Å²) in [7, 11) is 0. The van der Waals surface area contributed by atoms with Crippen molar-refractivity contribution < 1.29 is 17.6 Å². The van der Waals surface area contributed by atoms with Crippen molar-refractivity contribution in [2.75, 3.05) is 26.2 Å². The molecule has 2 nitrogen and oxygen atoms in total. The molecule has 6 heteroatoms. The van der Waals surface area contributed by atoms with Gasteiger partial charge >= 0.3 is 6.18 Å². The highest BCUT2D eigenvalue weighted by molar-refractivity contribution is 5.29. The molecule has 0 saturated carbocycles. The maximum Gasteiger partial charge on any atom is 0.416 e. The lowest BCUT2D eigenvalue weighted by Gasteiger charge is -2.35. The summed E-state index contributed by atoms with van der Waals surface area (Å²) in [5.41, 5.74) is -0.571. The van der Waals surface area contributed by atoms with Crippen LogP contribution in [-0.2, 0) is 6.18 Å². The quantitative estimate of drug-likeness (QED) is 0.444. The molecule has 134 valence electrons. The molecule has 1 fully saturated rings. The number of hydrogen-bond donors (Lipinski definition) is 1. The Hall–Kier alpha value is -1.40. The third-order valence-corrected chi connectivity index (χ3v) is 4.41. The van der Waals surface area contributed by atoms with E-state index in [-0.39, 0.29) is 6.04 Å². The molecule has 1 heterocycles. The molecule has 2 rings (SSSR count). The summed E-state index contributed by atoms with van der Waals surface area (Å²) in [5, 5.41) is 3.24. The first-order valence-corrected chi connectivity index (χ1v) is 8.36. The molecular formula is C18H24F4N2. The van der Waals surface area contributed by atoms with Crippen LogP contribution < -0.4 is 5.32 Å². The molecule has 1 saturated heterocycles. The predicted molar refractivity (Wildman–Crippen MR) is 87.3 cm³/mol. The number of nitrogens with one attached hydrogen (secondary N) is 1. The highest BCUT2D eigenvalue weighted by atomic mass is 19.4. The first-order chi connectivity index (χ1) is 11.4.